The predicted octanol–water partition coefficient (Wildman–Crippen LogP) is 4.39. The van der Waals surface area contributed by atoms with E-state index in [1.165, 1.54) is 51.4 Å². The molecule has 0 atom stereocenters. The molecule has 76 valence electrons. The lowest BCUT2D eigenvalue weighted by Crippen LogP contribution is -2.26. The molecule has 13 heavy (non-hydrogen) atoms. The molecule has 0 unspecified atom stereocenters. The Morgan fingerprint density at radius 3 is 1.31 bits per heavy atom. The molecule has 0 aliphatic heterocycles. The minimum Gasteiger partial charge on any atom is -0.149 e. The third-order valence-electron chi connectivity index (χ3n) is 3.82. The molecule has 0 nitrogen and oxygen atoms in total. The van der Waals surface area contributed by atoms with Crippen molar-refractivity contribution in [1.82, 2.24) is 0 Å². The monoisotopic (exact) mass is 198 g/mol. The maximum atomic E-state index is 2.49. The van der Waals surface area contributed by atoms with Crippen molar-refractivity contribution in [2.45, 2.75) is 74.7 Å². The normalized spacial score (nSPS) is 30.9. The van der Waals surface area contributed by atoms with Crippen LogP contribution < -0.4 is 0 Å². The van der Waals surface area contributed by atoms with Gasteiger partial charge >= 0.3 is 0 Å². The van der Waals surface area contributed by atoms with Gasteiger partial charge in [-0.25, -0.2) is 0 Å². The molecule has 0 saturated heterocycles. The second kappa shape index (κ2) is 3.49. The molecule has 1 heteroatoms. The highest BCUT2D eigenvalue weighted by Gasteiger charge is 2.39. The molecule has 2 aliphatic rings. The van der Waals surface area contributed by atoms with E-state index in [-0.39, 0.29) is 0 Å². The molecule has 0 amide bonds. The summed E-state index contributed by atoms with van der Waals surface area (Å²) in [5.74, 6) is 0. The molecule has 0 heterocycles. The average molecular weight is 198 g/mol. The first-order valence-corrected chi connectivity index (χ1v) is 6.64. The van der Waals surface area contributed by atoms with Gasteiger partial charge in [-0.2, -0.15) is 0 Å². The fourth-order valence-corrected chi connectivity index (χ4v) is 5.22. The van der Waals surface area contributed by atoms with Crippen LogP contribution in [-0.2, 0) is 0 Å². The van der Waals surface area contributed by atoms with Crippen LogP contribution >= 0.6 is 11.8 Å². The second-order valence-electron chi connectivity index (χ2n) is 5.42. The molecule has 0 bridgehead atoms. The van der Waals surface area contributed by atoms with Gasteiger partial charge in [0.05, 0.1) is 0 Å². The highest BCUT2D eigenvalue weighted by molar-refractivity contribution is 8.02. The van der Waals surface area contributed by atoms with E-state index < -0.39 is 0 Å². The summed E-state index contributed by atoms with van der Waals surface area (Å²) in [6.07, 6.45) is 11.7. The van der Waals surface area contributed by atoms with Crippen LogP contribution in [0.1, 0.15) is 65.2 Å². The topological polar surface area (TPSA) is 0 Å². The Bertz CT molecular complexity index is 154. The highest BCUT2D eigenvalue weighted by Crippen LogP contribution is 2.52. The van der Waals surface area contributed by atoms with Gasteiger partial charge in [0.15, 0.2) is 0 Å². The van der Waals surface area contributed by atoms with Crippen LogP contribution in [0.4, 0.5) is 0 Å². The minimum absolute atomic E-state index is 0.638. The van der Waals surface area contributed by atoms with E-state index in [0.717, 1.165) is 0 Å². The van der Waals surface area contributed by atoms with E-state index in [4.69, 9.17) is 0 Å². The van der Waals surface area contributed by atoms with Crippen LogP contribution in [0.3, 0.4) is 0 Å². The first-order chi connectivity index (χ1) is 6.12. The lowest BCUT2D eigenvalue weighted by molar-refractivity contribution is 0.617. The standard InChI is InChI=1S/C12H22S/c1-11(7-3-4-8-11)13-12(2)9-5-6-10-12/h3-10H2,1-2H3. The van der Waals surface area contributed by atoms with Gasteiger partial charge in [-0.1, -0.05) is 39.5 Å². The van der Waals surface area contributed by atoms with E-state index >= 15 is 0 Å². The number of hydrogen-bond donors (Lipinski definition) is 0. The van der Waals surface area contributed by atoms with Gasteiger partial charge in [-0.3, -0.25) is 0 Å². The summed E-state index contributed by atoms with van der Waals surface area (Å²) in [7, 11) is 0. The average Bonchev–Trinajstić information content (AvgIpc) is 2.60. The van der Waals surface area contributed by atoms with Crippen molar-refractivity contribution >= 4 is 11.8 Å². The number of rotatable bonds is 2. The van der Waals surface area contributed by atoms with Gasteiger partial charge < -0.3 is 0 Å². The minimum atomic E-state index is 0.638. The lowest BCUT2D eigenvalue weighted by atomic mass is 10.1. The number of hydrogen-bond acceptors (Lipinski definition) is 1. The molecule has 0 aromatic rings. The lowest BCUT2D eigenvalue weighted by Gasteiger charge is -2.34. The van der Waals surface area contributed by atoms with Gasteiger partial charge in [0, 0.05) is 9.49 Å². The second-order valence-corrected chi connectivity index (χ2v) is 7.59. The first kappa shape index (κ1) is 9.89. The Morgan fingerprint density at radius 2 is 1.00 bits per heavy atom. The molecule has 0 radical (unpaired) electrons. The molecule has 2 aliphatic carbocycles. The van der Waals surface area contributed by atoms with Gasteiger partial charge in [0.2, 0.25) is 0 Å². The summed E-state index contributed by atoms with van der Waals surface area (Å²) in [4.78, 5) is 0. The van der Waals surface area contributed by atoms with Crippen molar-refractivity contribution in [3.63, 3.8) is 0 Å². The van der Waals surface area contributed by atoms with Crippen LogP contribution in [-0.4, -0.2) is 9.49 Å². The summed E-state index contributed by atoms with van der Waals surface area (Å²) in [5.41, 5.74) is 0. The molecular weight excluding hydrogens is 176 g/mol. The van der Waals surface area contributed by atoms with Gasteiger partial charge in [0.25, 0.3) is 0 Å². The largest absolute Gasteiger partial charge is 0.149 e. The quantitative estimate of drug-likeness (QED) is 0.634. The molecule has 0 spiro atoms. The maximum Gasteiger partial charge on any atom is 0.0137 e. The third kappa shape index (κ3) is 2.23. The SMILES string of the molecule is CC1(SC2(C)CCCC2)CCCC1. The predicted molar refractivity (Wildman–Crippen MR) is 61.3 cm³/mol. The molecule has 0 aromatic heterocycles. The van der Waals surface area contributed by atoms with E-state index in [1.54, 1.807) is 0 Å². The smallest absolute Gasteiger partial charge is 0.0137 e. The Labute approximate surface area is 86.9 Å². The van der Waals surface area contributed by atoms with Crippen LogP contribution in [0.15, 0.2) is 0 Å². The summed E-state index contributed by atoms with van der Waals surface area (Å²) in [6, 6.07) is 0. The third-order valence-corrected chi connectivity index (χ3v) is 5.62. The van der Waals surface area contributed by atoms with Crippen molar-refractivity contribution in [1.29, 1.82) is 0 Å². The van der Waals surface area contributed by atoms with E-state index in [9.17, 15) is 0 Å². The molecular formula is C12H22S. The molecule has 0 N–H and O–H groups in total. The summed E-state index contributed by atoms with van der Waals surface area (Å²) in [6.45, 7) is 4.99. The molecule has 0 aromatic carbocycles. The summed E-state index contributed by atoms with van der Waals surface area (Å²) in [5, 5.41) is 0. The first-order valence-electron chi connectivity index (χ1n) is 5.82. The zero-order valence-electron chi connectivity index (χ0n) is 9.07. The van der Waals surface area contributed by atoms with Crippen LogP contribution in [0.2, 0.25) is 0 Å². The zero-order valence-corrected chi connectivity index (χ0v) is 9.88. The zero-order chi connectivity index (χ0) is 9.36. The van der Waals surface area contributed by atoms with Crippen molar-refractivity contribution < 1.29 is 0 Å². The van der Waals surface area contributed by atoms with Crippen molar-refractivity contribution in [3.05, 3.63) is 0 Å². The molecule has 2 saturated carbocycles. The molecule has 2 rings (SSSR count). The summed E-state index contributed by atoms with van der Waals surface area (Å²) < 4.78 is 1.28. The van der Waals surface area contributed by atoms with Crippen LogP contribution in [0.5, 0.6) is 0 Å². The Balaban J connectivity index is 1.95. The van der Waals surface area contributed by atoms with E-state index in [1.807, 2.05) is 0 Å². The Hall–Kier alpha value is 0.350. The Kier molecular flexibility index (Phi) is 2.65. The highest BCUT2D eigenvalue weighted by atomic mass is 32.2. The van der Waals surface area contributed by atoms with Crippen molar-refractivity contribution in [2.24, 2.45) is 0 Å². The fraction of sp³-hybridized carbons (Fsp3) is 1.00. The van der Waals surface area contributed by atoms with Crippen LogP contribution in [0, 0.1) is 0 Å². The van der Waals surface area contributed by atoms with E-state index in [2.05, 4.69) is 25.6 Å². The summed E-state index contributed by atoms with van der Waals surface area (Å²) >= 11 is 2.32. The van der Waals surface area contributed by atoms with Crippen molar-refractivity contribution in [3.8, 4) is 0 Å². The van der Waals surface area contributed by atoms with Gasteiger partial charge in [-0.15, -0.1) is 11.8 Å². The van der Waals surface area contributed by atoms with Gasteiger partial charge in [0.1, 0.15) is 0 Å². The van der Waals surface area contributed by atoms with Crippen molar-refractivity contribution in [2.75, 3.05) is 0 Å². The molecule has 2 fully saturated rings. The van der Waals surface area contributed by atoms with Crippen LogP contribution in [0.25, 0.3) is 0 Å². The maximum absolute atomic E-state index is 2.49. The van der Waals surface area contributed by atoms with Gasteiger partial charge in [-0.05, 0) is 25.7 Å². The fourth-order valence-electron chi connectivity index (χ4n) is 3.04. The number of thioether (sulfide) groups is 1. The Morgan fingerprint density at radius 1 is 0.692 bits per heavy atom. The van der Waals surface area contributed by atoms with E-state index in [0.29, 0.717) is 9.49 Å².